The molecule has 0 atom stereocenters. The third kappa shape index (κ3) is 4.02. The number of alkyl halides is 3. The summed E-state index contributed by atoms with van der Waals surface area (Å²) in [5.74, 6) is -2.39. The van der Waals surface area contributed by atoms with Crippen LogP contribution in [0.15, 0.2) is 24.4 Å². The Morgan fingerprint density at radius 1 is 1.15 bits per heavy atom. The first-order valence-electron chi connectivity index (χ1n) is 7.83. The van der Waals surface area contributed by atoms with Gasteiger partial charge in [0.2, 0.25) is 0 Å². The number of carbonyl (C=O) groups excluding carboxylic acids is 2. The molecule has 0 aliphatic carbocycles. The maximum absolute atomic E-state index is 13.4. The highest BCUT2D eigenvalue weighted by molar-refractivity contribution is 7.17. The third-order valence-electron chi connectivity index (χ3n) is 4.09. The fraction of sp³-hybridized carbons (Fsp3) is 0.312. The number of thiazole rings is 1. The van der Waals surface area contributed by atoms with E-state index in [4.69, 9.17) is 5.73 Å². The van der Waals surface area contributed by atoms with Gasteiger partial charge in [0.1, 0.15) is 10.7 Å². The Labute approximate surface area is 155 Å². The molecule has 0 unspecified atom stereocenters. The Kier molecular flexibility index (Phi) is 5.05. The van der Waals surface area contributed by atoms with Crippen LogP contribution in [-0.2, 0) is 6.18 Å². The Morgan fingerprint density at radius 2 is 1.81 bits per heavy atom. The van der Waals surface area contributed by atoms with Gasteiger partial charge in [-0.2, -0.15) is 13.2 Å². The third-order valence-corrected chi connectivity index (χ3v) is 5.16. The van der Waals surface area contributed by atoms with Gasteiger partial charge in [-0.3, -0.25) is 9.59 Å². The molecule has 3 rings (SSSR count). The number of primary amides is 1. The van der Waals surface area contributed by atoms with Crippen molar-refractivity contribution in [1.29, 1.82) is 0 Å². The molecule has 2 N–H and O–H groups in total. The van der Waals surface area contributed by atoms with E-state index in [1.807, 2.05) is 0 Å². The topological polar surface area (TPSA) is 79.5 Å². The van der Waals surface area contributed by atoms with Crippen LogP contribution in [0.3, 0.4) is 0 Å². The summed E-state index contributed by atoms with van der Waals surface area (Å²) < 4.78 is 52.8. The smallest absolute Gasteiger partial charge is 0.365 e. The number of hydrogen-bond donors (Lipinski definition) is 1. The molecule has 2 aromatic rings. The number of rotatable bonds is 3. The first kappa shape index (κ1) is 19.1. The van der Waals surface area contributed by atoms with Crippen LogP contribution in [0, 0.1) is 5.82 Å². The Balaban J connectivity index is 1.74. The van der Waals surface area contributed by atoms with Gasteiger partial charge in [-0.25, -0.2) is 9.37 Å². The zero-order chi connectivity index (χ0) is 19.8. The van der Waals surface area contributed by atoms with Crippen molar-refractivity contribution in [2.45, 2.75) is 6.18 Å². The standard InChI is InChI=1S/C16H14F4N4O2S/c17-9-1-2-11(16(18,19)20)10(7-9)14(26)23-3-5-24(6-4-23)15-22-8-12(27-15)13(21)25/h1-2,7-8H,3-6H2,(H2,21,25). The van der Waals surface area contributed by atoms with Gasteiger partial charge in [0.05, 0.1) is 17.3 Å². The molecular weight excluding hydrogens is 388 g/mol. The quantitative estimate of drug-likeness (QED) is 0.800. The minimum Gasteiger partial charge on any atom is -0.365 e. The Hall–Kier alpha value is -2.69. The zero-order valence-electron chi connectivity index (χ0n) is 13.8. The minimum atomic E-state index is -4.76. The number of aromatic nitrogens is 1. The molecule has 0 radical (unpaired) electrons. The van der Waals surface area contributed by atoms with Crippen molar-refractivity contribution in [3.63, 3.8) is 0 Å². The molecule has 1 aromatic carbocycles. The van der Waals surface area contributed by atoms with E-state index in [9.17, 15) is 27.2 Å². The highest BCUT2D eigenvalue weighted by Crippen LogP contribution is 2.33. The van der Waals surface area contributed by atoms with Gasteiger partial charge in [-0.05, 0) is 18.2 Å². The lowest BCUT2D eigenvalue weighted by Gasteiger charge is -2.35. The van der Waals surface area contributed by atoms with Crippen LogP contribution in [0.25, 0.3) is 0 Å². The average Bonchev–Trinajstić information content (AvgIpc) is 3.10. The highest BCUT2D eigenvalue weighted by atomic mass is 32.1. The van der Waals surface area contributed by atoms with E-state index in [-0.39, 0.29) is 18.0 Å². The molecule has 27 heavy (non-hydrogen) atoms. The predicted molar refractivity (Wildman–Crippen MR) is 90.2 cm³/mol. The highest BCUT2D eigenvalue weighted by Gasteiger charge is 2.37. The van der Waals surface area contributed by atoms with Gasteiger partial charge in [-0.1, -0.05) is 11.3 Å². The van der Waals surface area contributed by atoms with Crippen molar-refractivity contribution in [2.75, 3.05) is 31.1 Å². The maximum Gasteiger partial charge on any atom is 0.417 e. The van der Waals surface area contributed by atoms with Crippen LogP contribution in [0.4, 0.5) is 22.7 Å². The number of halogens is 4. The molecule has 1 aliphatic rings. The second-order valence-electron chi connectivity index (χ2n) is 5.84. The lowest BCUT2D eigenvalue weighted by atomic mass is 10.0. The molecular formula is C16H14F4N4O2S. The summed E-state index contributed by atoms with van der Waals surface area (Å²) in [6.45, 7) is 0.901. The van der Waals surface area contributed by atoms with Gasteiger partial charge >= 0.3 is 6.18 Å². The van der Waals surface area contributed by atoms with E-state index in [0.717, 1.165) is 11.3 Å². The molecule has 11 heteroatoms. The number of hydrogen-bond acceptors (Lipinski definition) is 5. The van der Waals surface area contributed by atoms with E-state index in [1.165, 1.54) is 11.1 Å². The van der Waals surface area contributed by atoms with Crippen molar-refractivity contribution in [2.24, 2.45) is 5.73 Å². The Bertz CT molecular complexity index is 876. The lowest BCUT2D eigenvalue weighted by Crippen LogP contribution is -2.49. The van der Waals surface area contributed by atoms with Crippen molar-refractivity contribution >= 4 is 28.3 Å². The molecule has 0 saturated carbocycles. The van der Waals surface area contributed by atoms with Crippen LogP contribution in [-0.4, -0.2) is 47.9 Å². The fourth-order valence-corrected chi connectivity index (χ4v) is 3.56. The molecule has 0 bridgehead atoms. The second-order valence-corrected chi connectivity index (χ2v) is 6.85. The SMILES string of the molecule is NC(=O)c1cnc(N2CCN(C(=O)c3cc(F)ccc3C(F)(F)F)CC2)s1. The van der Waals surface area contributed by atoms with Gasteiger partial charge in [0, 0.05) is 26.2 Å². The number of carbonyl (C=O) groups is 2. The fourth-order valence-electron chi connectivity index (χ4n) is 2.74. The summed E-state index contributed by atoms with van der Waals surface area (Å²) in [5, 5.41) is 0.539. The predicted octanol–water partition coefficient (Wildman–Crippen LogP) is 2.36. The maximum atomic E-state index is 13.4. The number of nitrogens with two attached hydrogens (primary N) is 1. The zero-order valence-corrected chi connectivity index (χ0v) is 14.6. The molecule has 1 saturated heterocycles. The second kappa shape index (κ2) is 7.14. The summed E-state index contributed by atoms with van der Waals surface area (Å²) in [7, 11) is 0. The van der Waals surface area contributed by atoms with Crippen LogP contribution in [0.5, 0.6) is 0 Å². The average molecular weight is 402 g/mol. The van der Waals surface area contributed by atoms with Crippen molar-refractivity contribution in [1.82, 2.24) is 9.88 Å². The molecule has 2 heterocycles. The summed E-state index contributed by atoms with van der Waals surface area (Å²) in [6.07, 6.45) is -3.41. The number of amides is 2. The van der Waals surface area contributed by atoms with E-state index in [1.54, 1.807) is 4.90 Å². The van der Waals surface area contributed by atoms with E-state index in [2.05, 4.69) is 4.98 Å². The van der Waals surface area contributed by atoms with Crippen LogP contribution in [0.2, 0.25) is 0 Å². The normalized spacial score (nSPS) is 15.1. The monoisotopic (exact) mass is 402 g/mol. The van der Waals surface area contributed by atoms with E-state index >= 15 is 0 Å². The molecule has 144 valence electrons. The number of benzene rings is 1. The van der Waals surface area contributed by atoms with E-state index in [0.29, 0.717) is 36.4 Å². The molecule has 6 nitrogen and oxygen atoms in total. The number of anilines is 1. The van der Waals surface area contributed by atoms with Gasteiger partial charge in [-0.15, -0.1) is 0 Å². The molecule has 1 fully saturated rings. The minimum absolute atomic E-state index is 0.137. The Morgan fingerprint density at radius 3 is 2.37 bits per heavy atom. The number of piperazine rings is 1. The van der Waals surface area contributed by atoms with Crippen LogP contribution < -0.4 is 10.6 Å². The summed E-state index contributed by atoms with van der Waals surface area (Å²) >= 11 is 1.10. The van der Waals surface area contributed by atoms with Crippen molar-refractivity contribution in [3.8, 4) is 0 Å². The summed E-state index contributed by atoms with van der Waals surface area (Å²) in [4.78, 5) is 31.1. The van der Waals surface area contributed by atoms with Crippen LogP contribution >= 0.6 is 11.3 Å². The molecule has 1 aromatic heterocycles. The first-order valence-corrected chi connectivity index (χ1v) is 8.65. The van der Waals surface area contributed by atoms with Gasteiger partial charge in [0.25, 0.3) is 11.8 Å². The largest absolute Gasteiger partial charge is 0.417 e. The lowest BCUT2D eigenvalue weighted by molar-refractivity contribution is -0.138. The number of nitrogens with zero attached hydrogens (tertiary/aromatic N) is 3. The van der Waals surface area contributed by atoms with E-state index < -0.39 is 34.9 Å². The summed E-state index contributed by atoms with van der Waals surface area (Å²) in [5.41, 5.74) is 3.31. The van der Waals surface area contributed by atoms with Crippen molar-refractivity contribution in [3.05, 3.63) is 46.2 Å². The molecule has 2 amide bonds. The van der Waals surface area contributed by atoms with Crippen molar-refractivity contribution < 1.29 is 27.2 Å². The molecule has 1 aliphatic heterocycles. The first-order chi connectivity index (χ1) is 12.7. The molecule has 0 spiro atoms. The summed E-state index contributed by atoms with van der Waals surface area (Å²) in [6, 6.07) is 1.85. The van der Waals surface area contributed by atoms with Crippen LogP contribution in [0.1, 0.15) is 25.6 Å². The van der Waals surface area contributed by atoms with Gasteiger partial charge in [0.15, 0.2) is 5.13 Å². The van der Waals surface area contributed by atoms with Gasteiger partial charge < -0.3 is 15.5 Å².